The van der Waals surface area contributed by atoms with Crippen LogP contribution in [0.1, 0.15) is 58.3 Å². The Morgan fingerprint density at radius 3 is 2.29 bits per heavy atom. The van der Waals surface area contributed by atoms with E-state index in [-0.39, 0.29) is 36.8 Å². The van der Waals surface area contributed by atoms with Crippen LogP contribution < -0.4 is 11.1 Å². The second-order valence-electron chi connectivity index (χ2n) is 6.33. The van der Waals surface area contributed by atoms with Gasteiger partial charge < -0.3 is 16.0 Å². The van der Waals surface area contributed by atoms with Gasteiger partial charge >= 0.3 is 0 Å². The fourth-order valence-electron chi connectivity index (χ4n) is 3.34. The molecule has 1 aliphatic carbocycles. The van der Waals surface area contributed by atoms with Crippen LogP contribution in [0.3, 0.4) is 0 Å². The highest BCUT2D eigenvalue weighted by atomic mass is 35.5. The van der Waals surface area contributed by atoms with Crippen molar-refractivity contribution >= 4 is 30.7 Å². The Morgan fingerprint density at radius 1 is 1.19 bits per heavy atom. The zero-order valence-electron chi connectivity index (χ0n) is 13.1. The standard InChI is InChI=1S/C15H29N3O.2ClH/c1-12(16)6-7-15(19)17-13-8-10-18(11-9-13)14-4-2-3-5-14;;/h12-14H,2-11,16H2,1H3,(H,17,19);2*1H. The molecule has 0 aromatic rings. The first-order chi connectivity index (χ1) is 9.15. The number of carbonyl (C=O) groups is 1. The Bertz CT molecular complexity index is 289. The zero-order chi connectivity index (χ0) is 13.7. The van der Waals surface area contributed by atoms with Crippen LogP contribution in [0.2, 0.25) is 0 Å². The first-order valence-corrected chi connectivity index (χ1v) is 7.94. The number of nitrogens with one attached hydrogen (secondary N) is 1. The van der Waals surface area contributed by atoms with Crippen molar-refractivity contribution in [3.63, 3.8) is 0 Å². The highest BCUT2D eigenvalue weighted by Crippen LogP contribution is 2.26. The molecule has 1 unspecified atom stereocenters. The lowest BCUT2D eigenvalue weighted by atomic mass is 10.0. The Hall–Kier alpha value is -0.0300. The summed E-state index contributed by atoms with van der Waals surface area (Å²) in [6.07, 6.45) is 9.14. The number of hydrogen-bond donors (Lipinski definition) is 2. The average Bonchev–Trinajstić information content (AvgIpc) is 2.91. The highest BCUT2D eigenvalue weighted by molar-refractivity contribution is 5.85. The van der Waals surface area contributed by atoms with Crippen molar-refractivity contribution in [1.82, 2.24) is 10.2 Å². The van der Waals surface area contributed by atoms with E-state index in [4.69, 9.17) is 5.73 Å². The Balaban J connectivity index is 0.00000200. The van der Waals surface area contributed by atoms with Gasteiger partial charge in [0, 0.05) is 37.6 Å². The fourth-order valence-corrected chi connectivity index (χ4v) is 3.34. The van der Waals surface area contributed by atoms with Crippen LogP contribution in [-0.4, -0.2) is 42.0 Å². The van der Waals surface area contributed by atoms with E-state index in [1.807, 2.05) is 6.92 Å². The van der Waals surface area contributed by atoms with Crippen LogP contribution in [0.25, 0.3) is 0 Å². The van der Waals surface area contributed by atoms with E-state index in [0.29, 0.717) is 12.5 Å². The summed E-state index contributed by atoms with van der Waals surface area (Å²) in [4.78, 5) is 14.4. The summed E-state index contributed by atoms with van der Waals surface area (Å²) in [5, 5.41) is 3.16. The van der Waals surface area contributed by atoms with Crippen molar-refractivity contribution in [2.45, 2.75) is 76.4 Å². The van der Waals surface area contributed by atoms with Crippen molar-refractivity contribution in [3.8, 4) is 0 Å². The van der Waals surface area contributed by atoms with E-state index >= 15 is 0 Å². The SMILES string of the molecule is CC(N)CCC(=O)NC1CCN(C2CCCC2)CC1.Cl.Cl. The number of halogens is 2. The molecule has 1 amide bonds. The molecule has 0 spiro atoms. The Morgan fingerprint density at radius 2 is 1.76 bits per heavy atom. The molecule has 0 aromatic heterocycles. The van der Waals surface area contributed by atoms with Gasteiger partial charge in [0.2, 0.25) is 5.91 Å². The molecule has 126 valence electrons. The number of piperidine rings is 1. The lowest BCUT2D eigenvalue weighted by molar-refractivity contribution is -0.122. The molecule has 3 N–H and O–H groups in total. The number of amides is 1. The van der Waals surface area contributed by atoms with Crippen LogP contribution in [-0.2, 0) is 4.79 Å². The number of nitrogens with two attached hydrogens (primary N) is 1. The van der Waals surface area contributed by atoms with Crippen LogP contribution in [0.4, 0.5) is 0 Å². The molecule has 1 aliphatic heterocycles. The van der Waals surface area contributed by atoms with E-state index in [0.717, 1.165) is 38.4 Å². The van der Waals surface area contributed by atoms with Crippen molar-refractivity contribution < 1.29 is 4.79 Å². The van der Waals surface area contributed by atoms with E-state index in [1.54, 1.807) is 0 Å². The molecule has 2 fully saturated rings. The van der Waals surface area contributed by atoms with Crippen molar-refractivity contribution in [1.29, 1.82) is 0 Å². The van der Waals surface area contributed by atoms with Gasteiger partial charge in [0.1, 0.15) is 0 Å². The predicted octanol–water partition coefficient (Wildman–Crippen LogP) is 2.48. The van der Waals surface area contributed by atoms with Crippen LogP contribution in [0.5, 0.6) is 0 Å². The van der Waals surface area contributed by atoms with Gasteiger partial charge in [-0.15, -0.1) is 24.8 Å². The number of hydrogen-bond acceptors (Lipinski definition) is 3. The second-order valence-corrected chi connectivity index (χ2v) is 6.33. The largest absolute Gasteiger partial charge is 0.353 e. The lowest BCUT2D eigenvalue weighted by Gasteiger charge is -2.36. The number of nitrogens with zero attached hydrogens (tertiary/aromatic N) is 1. The second kappa shape index (κ2) is 10.7. The average molecular weight is 340 g/mol. The third-order valence-corrected chi connectivity index (χ3v) is 4.56. The van der Waals surface area contributed by atoms with Crippen LogP contribution in [0, 0.1) is 0 Å². The summed E-state index contributed by atoms with van der Waals surface area (Å²) in [6, 6.07) is 1.34. The normalized spacial score (nSPS) is 22.2. The van der Waals surface area contributed by atoms with Crippen molar-refractivity contribution in [3.05, 3.63) is 0 Å². The van der Waals surface area contributed by atoms with Crippen molar-refractivity contribution in [2.75, 3.05) is 13.1 Å². The zero-order valence-corrected chi connectivity index (χ0v) is 14.7. The molecular weight excluding hydrogens is 309 g/mol. The van der Waals surface area contributed by atoms with Crippen LogP contribution >= 0.6 is 24.8 Å². The molecular formula is C15H31Cl2N3O. The topological polar surface area (TPSA) is 58.4 Å². The van der Waals surface area contributed by atoms with Gasteiger partial charge in [-0.25, -0.2) is 0 Å². The van der Waals surface area contributed by atoms with E-state index in [9.17, 15) is 4.79 Å². The maximum atomic E-state index is 11.8. The lowest BCUT2D eigenvalue weighted by Crippen LogP contribution is -2.47. The Kier molecular flexibility index (Phi) is 10.6. The fraction of sp³-hybridized carbons (Fsp3) is 0.933. The van der Waals surface area contributed by atoms with Gasteiger partial charge in [-0.05, 0) is 39.0 Å². The predicted molar refractivity (Wildman–Crippen MR) is 92.4 cm³/mol. The maximum absolute atomic E-state index is 11.8. The smallest absolute Gasteiger partial charge is 0.220 e. The first kappa shape index (κ1) is 21.0. The summed E-state index contributed by atoms with van der Waals surface area (Å²) in [5.41, 5.74) is 5.68. The molecule has 1 saturated heterocycles. The van der Waals surface area contributed by atoms with Gasteiger partial charge in [-0.3, -0.25) is 4.79 Å². The molecule has 0 bridgehead atoms. The van der Waals surface area contributed by atoms with Gasteiger partial charge in [-0.1, -0.05) is 12.8 Å². The number of rotatable bonds is 5. The molecule has 1 atom stereocenters. The number of carbonyl (C=O) groups excluding carboxylic acids is 1. The van der Waals surface area contributed by atoms with Gasteiger partial charge in [0.15, 0.2) is 0 Å². The third kappa shape index (κ3) is 7.18. The molecule has 0 aromatic carbocycles. The molecule has 1 heterocycles. The molecule has 1 saturated carbocycles. The summed E-state index contributed by atoms with van der Waals surface area (Å²) in [7, 11) is 0. The molecule has 2 aliphatic rings. The van der Waals surface area contributed by atoms with E-state index < -0.39 is 0 Å². The Labute approximate surface area is 141 Å². The summed E-state index contributed by atoms with van der Waals surface area (Å²) >= 11 is 0. The van der Waals surface area contributed by atoms with Crippen molar-refractivity contribution in [2.24, 2.45) is 5.73 Å². The molecule has 6 heteroatoms. The monoisotopic (exact) mass is 339 g/mol. The maximum Gasteiger partial charge on any atom is 0.220 e. The van der Waals surface area contributed by atoms with E-state index in [1.165, 1.54) is 25.7 Å². The molecule has 2 rings (SSSR count). The minimum atomic E-state index is 0. The molecule has 21 heavy (non-hydrogen) atoms. The van der Waals surface area contributed by atoms with E-state index in [2.05, 4.69) is 10.2 Å². The van der Waals surface area contributed by atoms with Gasteiger partial charge in [0.25, 0.3) is 0 Å². The minimum absolute atomic E-state index is 0. The molecule has 4 nitrogen and oxygen atoms in total. The minimum Gasteiger partial charge on any atom is -0.353 e. The summed E-state index contributed by atoms with van der Waals surface area (Å²) < 4.78 is 0. The number of likely N-dealkylation sites (tertiary alicyclic amines) is 1. The van der Waals surface area contributed by atoms with Gasteiger partial charge in [0.05, 0.1) is 0 Å². The quantitative estimate of drug-likeness (QED) is 0.808. The van der Waals surface area contributed by atoms with Gasteiger partial charge in [-0.2, -0.15) is 0 Å². The summed E-state index contributed by atoms with van der Waals surface area (Å²) in [6.45, 7) is 4.26. The first-order valence-electron chi connectivity index (χ1n) is 7.94. The third-order valence-electron chi connectivity index (χ3n) is 4.56. The molecule has 0 radical (unpaired) electrons. The summed E-state index contributed by atoms with van der Waals surface area (Å²) in [5.74, 6) is 0.177. The highest BCUT2D eigenvalue weighted by Gasteiger charge is 2.27. The van der Waals surface area contributed by atoms with Crippen LogP contribution in [0.15, 0.2) is 0 Å².